The maximum absolute atomic E-state index is 11.2. The van der Waals surface area contributed by atoms with E-state index in [1.165, 1.54) is 36.8 Å². The van der Waals surface area contributed by atoms with E-state index in [-0.39, 0.29) is 0 Å². The molecule has 3 aliphatic rings. The molecule has 0 amide bonds. The Labute approximate surface area is 133 Å². The Morgan fingerprint density at radius 2 is 1.91 bits per heavy atom. The molecule has 1 aromatic rings. The van der Waals surface area contributed by atoms with Crippen molar-refractivity contribution >= 4 is 0 Å². The lowest BCUT2D eigenvalue weighted by Gasteiger charge is -2.47. The van der Waals surface area contributed by atoms with Crippen molar-refractivity contribution in [2.45, 2.75) is 63.9 Å². The smallest absolute Gasteiger partial charge is 0.115 e. The topological polar surface area (TPSA) is 40.5 Å². The van der Waals surface area contributed by atoms with Gasteiger partial charge in [0.05, 0.1) is 5.60 Å². The van der Waals surface area contributed by atoms with Crippen LogP contribution in [-0.2, 0) is 6.42 Å². The number of aryl methyl sites for hydroxylation is 1. The second-order valence-corrected chi connectivity index (χ2v) is 8.22. The molecule has 0 aliphatic heterocycles. The molecule has 120 valence electrons. The molecule has 2 N–H and O–H groups in total. The largest absolute Gasteiger partial charge is 0.508 e. The fourth-order valence-electron chi connectivity index (χ4n) is 6.01. The van der Waals surface area contributed by atoms with Gasteiger partial charge in [-0.1, -0.05) is 19.9 Å². The standard InChI is InChI=1S/C20H28O2/c1-12(2)20(22)10-9-18-17-5-3-13-11-14(21)4-6-15(13)16(17)7-8-19(18)20/h4,6,11-12,16-19,21-22H,3,5,7-10H2,1-2H3/t16-,17-,18+,19+,20-/m1/s1. The first-order valence-electron chi connectivity index (χ1n) is 9.05. The third kappa shape index (κ3) is 1.96. The highest BCUT2D eigenvalue weighted by molar-refractivity contribution is 5.40. The molecule has 0 unspecified atom stereocenters. The average Bonchev–Trinajstić information content (AvgIpc) is 2.85. The fourth-order valence-corrected chi connectivity index (χ4v) is 6.01. The van der Waals surface area contributed by atoms with Gasteiger partial charge in [-0.05, 0) is 91.4 Å². The Balaban J connectivity index is 1.65. The second kappa shape index (κ2) is 4.99. The number of phenols is 1. The van der Waals surface area contributed by atoms with Gasteiger partial charge in [0.1, 0.15) is 5.75 Å². The quantitative estimate of drug-likeness (QED) is 0.814. The van der Waals surface area contributed by atoms with E-state index in [0.29, 0.717) is 29.4 Å². The molecular weight excluding hydrogens is 272 g/mol. The molecule has 0 saturated heterocycles. The Hall–Kier alpha value is -1.02. The number of fused-ring (bicyclic) bond motifs is 5. The van der Waals surface area contributed by atoms with Crippen LogP contribution >= 0.6 is 0 Å². The van der Waals surface area contributed by atoms with Crippen molar-refractivity contribution in [2.24, 2.45) is 23.7 Å². The first-order valence-corrected chi connectivity index (χ1v) is 9.05. The van der Waals surface area contributed by atoms with Gasteiger partial charge < -0.3 is 10.2 Å². The predicted octanol–water partition coefficient (Wildman–Crippen LogP) is 4.25. The minimum absolute atomic E-state index is 0.367. The molecule has 2 heteroatoms. The molecule has 0 heterocycles. The van der Waals surface area contributed by atoms with Crippen LogP contribution in [0.25, 0.3) is 0 Å². The lowest BCUT2D eigenvalue weighted by molar-refractivity contribution is -0.0687. The van der Waals surface area contributed by atoms with Crippen molar-refractivity contribution in [1.29, 1.82) is 0 Å². The van der Waals surface area contributed by atoms with Gasteiger partial charge in [-0.15, -0.1) is 0 Å². The van der Waals surface area contributed by atoms with Crippen molar-refractivity contribution < 1.29 is 10.2 Å². The summed E-state index contributed by atoms with van der Waals surface area (Å²) >= 11 is 0. The molecule has 0 spiro atoms. The Morgan fingerprint density at radius 1 is 1.09 bits per heavy atom. The summed E-state index contributed by atoms with van der Waals surface area (Å²) in [6.07, 6.45) is 6.89. The van der Waals surface area contributed by atoms with Crippen molar-refractivity contribution in [3.63, 3.8) is 0 Å². The summed E-state index contributed by atoms with van der Waals surface area (Å²) < 4.78 is 0. The van der Waals surface area contributed by atoms with E-state index in [0.717, 1.165) is 18.8 Å². The normalized spacial score (nSPS) is 40.2. The SMILES string of the molecule is CC(C)[C@]1(O)CC[C@H]2[C@@H]3CCc4cc(O)ccc4[C@H]3CC[C@@H]21. The Bertz CT molecular complexity index is 579. The van der Waals surface area contributed by atoms with Crippen LogP contribution in [0.15, 0.2) is 18.2 Å². The second-order valence-electron chi connectivity index (χ2n) is 8.22. The minimum atomic E-state index is -0.426. The van der Waals surface area contributed by atoms with Crippen molar-refractivity contribution in [2.75, 3.05) is 0 Å². The van der Waals surface area contributed by atoms with Gasteiger partial charge >= 0.3 is 0 Å². The summed E-state index contributed by atoms with van der Waals surface area (Å²) in [5, 5.41) is 20.9. The summed E-state index contributed by atoms with van der Waals surface area (Å²) in [5.74, 6) is 3.37. The van der Waals surface area contributed by atoms with E-state index in [4.69, 9.17) is 0 Å². The molecule has 0 aromatic heterocycles. The Kier molecular flexibility index (Phi) is 3.30. The summed E-state index contributed by atoms with van der Waals surface area (Å²) in [4.78, 5) is 0. The maximum atomic E-state index is 11.2. The van der Waals surface area contributed by atoms with Gasteiger partial charge in [-0.25, -0.2) is 0 Å². The minimum Gasteiger partial charge on any atom is -0.508 e. The average molecular weight is 300 g/mol. The molecule has 3 aliphatic carbocycles. The maximum Gasteiger partial charge on any atom is 0.115 e. The zero-order chi connectivity index (χ0) is 15.5. The molecule has 2 saturated carbocycles. The predicted molar refractivity (Wildman–Crippen MR) is 87.9 cm³/mol. The van der Waals surface area contributed by atoms with Crippen LogP contribution in [-0.4, -0.2) is 15.8 Å². The highest BCUT2D eigenvalue weighted by atomic mass is 16.3. The van der Waals surface area contributed by atoms with Gasteiger partial charge in [0.15, 0.2) is 0 Å². The van der Waals surface area contributed by atoms with Crippen molar-refractivity contribution in [3.8, 4) is 5.75 Å². The van der Waals surface area contributed by atoms with Crippen LogP contribution in [0.3, 0.4) is 0 Å². The zero-order valence-corrected chi connectivity index (χ0v) is 13.8. The number of hydrogen-bond donors (Lipinski definition) is 2. The summed E-state index contributed by atoms with van der Waals surface area (Å²) in [7, 11) is 0. The van der Waals surface area contributed by atoms with E-state index < -0.39 is 5.60 Å². The number of phenolic OH excluding ortho intramolecular Hbond substituents is 1. The number of aliphatic hydroxyl groups is 1. The van der Waals surface area contributed by atoms with E-state index in [9.17, 15) is 10.2 Å². The highest BCUT2D eigenvalue weighted by Gasteiger charge is 2.54. The monoisotopic (exact) mass is 300 g/mol. The highest BCUT2D eigenvalue weighted by Crippen LogP contribution is 2.59. The van der Waals surface area contributed by atoms with Gasteiger partial charge in [-0.2, -0.15) is 0 Å². The van der Waals surface area contributed by atoms with Crippen LogP contribution in [0.2, 0.25) is 0 Å². The first-order chi connectivity index (χ1) is 10.5. The van der Waals surface area contributed by atoms with E-state index >= 15 is 0 Å². The summed E-state index contributed by atoms with van der Waals surface area (Å²) in [6.45, 7) is 4.38. The van der Waals surface area contributed by atoms with Gasteiger partial charge in [0.25, 0.3) is 0 Å². The third-order valence-electron chi connectivity index (χ3n) is 7.17. The molecule has 1 aromatic carbocycles. The molecular formula is C20H28O2. The molecule has 5 atom stereocenters. The number of aromatic hydroxyl groups is 1. The van der Waals surface area contributed by atoms with Gasteiger partial charge in [-0.3, -0.25) is 0 Å². The number of benzene rings is 1. The number of hydrogen-bond acceptors (Lipinski definition) is 2. The lowest BCUT2D eigenvalue weighted by Crippen LogP contribution is -2.45. The van der Waals surface area contributed by atoms with Crippen molar-refractivity contribution in [1.82, 2.24) is 0 Å². The molecule has 22 heavy (non-hydrogen) atoms. The van der Waals surface area contributed by atoms with Crippen LogP contribution < -0.4 is 0 Å². The first kappa shape index (κ1) is 14.6. The summed E-state index contributed by atoms with van der Waals surface area (Å²) in [6, 6.07) is 5.98. The van der Waals surface area contributed by atoms with Crippen molar-refractivity contribution in [3.05, 3.63) is 29.3 Å². The molecule has 4 rings (SSSR count). The van der Waals surface area contributed by atoms with Gasteiger partial charge in [0.2, 0.25) is 0 Å². The lowest BCUT2D eigenvalue weighted by atomic mass is 9.58. The molecule has 2 fully saturated rings. The molecule has 0 bridgehead atoms. The van der Waals surface area contributed by atoms with E-state index in [2.05, 4.69) is 19.9 Å². The zero-order valence-electron chi connectivity index (χ0n) is 13.8. The van der Waals surface area contributed by atoms with Crippen LogP contribution in [0.4, 0.5) is 0 Å². The Morgan fingerprint density at radius 3 is 2.68 bits per heavy atom. The fraction of sp³-hybridized carbons (Fsp3) is 0.700. The summed E-state index contributed by atoms with van der Waals surface area (Å²) in [5.41, 5.74) is 2.41. The number of rotatable bonds is 1. The van der Waals surface area contributed by atoms with Gasteiger partial charge in [0, 0.05) is 0 Å². The van der Waals surface area contributed by atoms with Crippen LogP contribution in [0.1, 0.15) is 63.0 Å². The molecule has 2 nitrogen and oxygen atoms in total. The van der Waals surface area contributed by atoms with Crippen LogP contribution in [0, 0.1) is 23.7 Å². The van der Waals surface area contributed by atoms with E-state index in [1.54, 1.807) is 0 Å². The third-order valence-corrected chi connectivity index (χ3v) is 7.17. The van der Waals surface area contributed by atoms with Crippen LogP contribution in [0.5, 0.6) is 5.75 Å². The van der Waals surface area contributed by atoms with E-state index in [1.807, 2.05) is 12.1 Å². The molecule has 0 radical (unpaired) electrons.